The molecule has 0 unspecified atom stereocenters. The quantitative estimate of drug-likeness (QED) is 0.653. The number of amides is 1. The molecule has 8 heteroatoms. The minimum absolute atomic E-state index is 0.0515. The Bertz CT molecular complexity index is 1070. The topological polar surface area (TPSA) is 70.6 Å². The second-order valence-electron chi connectivity index (χ2n) is 8.99. The monoisotopic (exact) mass is 475 g/mol. The molecule has 0 saturated carbocycles. The highest BCUT2D eigenvalue weighted by Crippen LogP contribution is 2.33. The van der Waals surface area contributed by atoms with E-state index in [1.54, 1.807) is 24.3 Å². The van der Waals surface area contributed by atoms with Crippen LogP contribution in [0.15, 0.2) is 41.3 Å². The molecule has 0 atom stereocenters. The Kier molecular flexibility index (Phi) is 6.89. The smallest absolute Gasteiger partial charge is 0.255 e. The zero-order chi connectivity index (χ0) is 22.9. The molecule has 2 saturated heterocycles. The summed E-state index contributed by atoms with van der Waals surface area (Å²) in [7, 11) is -3.56. The van der Waals surface area contributed by atoms with E-state index >= 15 is 0 Å². The molecule has 0 spiro atoms. The molecule has 2 fully saturated rings. The van der Waals surface area contributed by atoms with E-state index < -0.39 is 10.0 Å². The molecule has 1 aromatic carbocycles. The molecule has 1 amide bonds. The molecular formula is C24H30ClN3O3S. The van der Waals surface area contributed by atoms with Crippen LogP contribution >= 0.6 is 11.6 Å². The Morgan fingerprint density at radius 2 is 1.59 bits per heavy atom. The summed E-state index contributed by atoms with van der Waals surface area (Å²) in [6, 6.07) is 10.1. The maximum Gasteiger partial charge on any atom is 0.255 e. The van der Waals surface area contributed by atoms with Crippen LogP contribution in [0.3, 0.4) is 0 Å². The maximum atomic E-state index is 13.3. The summed E-state index contributed by atoms with van der Waals surface area (Å²) >= 11 is 5.90. The predicted molar refractivity (Wildman–Crippen MR) is 125 cm³/mol. The van der Waals surface area contributed by atoms with Gasteiger partial charge >= 0.3 is 0 Å². The van der Waals surface area contributed by atoms with Crippen molar-refractivity contribution in [1.29, 1.82) is 0 Å². The minimum atomic E-state index is -3.56. The van der Waals surface area contributed by atoms with Crippen molar-refractivity contribution in [3.05, 3.63) is 58.4 Å². The molecule has 2 aromatic rings. The molecule has 0 bridgehead atoms. The first-order valence-corrected chi connectivity index (χ1v) is 13.1. The van der Waals surface area contributed by atoms with Crippen LogP contribution in [-0.4, -0.2) is 54.7 Å². The molecule has 2 aliphatic rings. The van der Waals surface area contributed by atoms with E-state index in [9.17, 15) is 13.2 Å². The first-order chi connectivity index (χ1) is 15.3. The van der Waals surface area contributed by atoms with Crippen LogP contribution in [0, 0.1) is 12.8 Å². The van der Waals surface area contributed by atoms with Gasteiger partial charge in [0.1, 0.15) is 0 Å². The van der Waals surface area contributed by atoms with Crippen molar-refractivity contribution < 1.29 is 13.2 Å². The number of sulfonamides is 1. The fraction of sp³-hybridized carbons (Fsp3) is 0.500. The van der Waals surface area contributed by atoms with E-state index in [2.05, 4.69) is 6.92 Å². The molecule has 0 aliphatic carbocycles. The Morgan fingerprint density at radius 3 is 2.22 bits per heavy atom. The van der Waals surface area contributed by atoms with Gasteiger partial charge in [-0.1, -0.05) is 18.5 Å². The van der Waals surface area contributed by atoms with Crippen LogP contribution in [0.25, 0.3) is 0 Å². The molecule has 6 nitrogen and oxygen atoms in total. The summed E-state index contributed by atoms with van der Waals surface area (Å²) in [4.78, 5) is 20.2. The lowest BCUT2D eigenvalue weighted by Gasteiger charge is -2.33. The van der Waals surface area contributed by atoms with Crippen molar-refractivity contribution in [3.63, 3.8) is 0 Å². The van der Waals surface area contributed by atoms with Crippen LogP contribution < -0.4 is 0 Å². The molecule has 172 valence electrons. The van der Waals surface area contributed by atoms with Gasteiger partial charge in [0.2, 0.25) is 10.0 Å². The van der Waals surface area contributed by atoms with Crippen LogP contribution in [0.1, 0.15) is 60.3 Å². The number of hydrogen-bond acceptors (Lipinski definition) is 4. The molecule has 1 aromatic heterocycles. The number of carbonyl (C=O) groups is 1. The van der Waals surface area contributed by atoms with E-state index in [-0.39, 0.29) is 16.7 Å². The number of likely N-dealkylation sites (tertiary alicyclic amines) is 1. The molecule has 2 aliphatic heterocycles. The number of halogens is 1. The number of piperidine rings is 2. The number of nitrogens with zero attached hydrogens (tertiary/aromatic N) is 3. The average molecular weight is 476 g/mol. The fourth-order valence-electron chi connectivity index (χ4n) is 4.58. The van der Waals surface area contributed by atoms with E-state index in [0.717, 1.165) is 37.3 Å². The minimum Gasteiger partial charge on any atom is -0.339 e. The Labute approximate surface area is 195 Å². The zero-order valence-corrected chi connectivity index (χ0v) is 20.2. The summed E-state index contributed by atoms with van der Waals surface area (Å²) in [6.07, 6.45) is 3.34. The van der Waals surface area contributed by atoms with Crippen molar-refractivity contribution in [2.45, 2.75) is 50.3 Å². The number of benzene rings is 1. The molecule has 4 rings (SSSR count). The zero-order valence-electron chi connectivity index (χ0n) is 18.6. The van der Waals surface area contributed by atoms with E-state index in [1.165, 1.54) is 4.31 Å². The van der Waals surface area contributed by atoms with Gasteiger partial charge in [-0.2, -0.15) is 4.31 Å². The van der Waals surface area contributed by atoms with Crippen molar-refractivity contribution in [2.24, 2.45) is 5.92 Å². The largest absolute Gasteiger partial charge is 0.339 e. The van der Waals surface area contributed by atoms with Crippen LogP contribution in [0.2, 0.25) is 5.02 Å². The summed E-state index contributed by atoms with van der Waals surface area (Å²) in [5, 5.41) is 0.508. The molecule has 32 heavy (non-hydrogen) atoms. The molecule has 3 heterocycles. The maximum absolute atomic E-state index is 13.3. The number of aryl methyl sites for hydroxylation is 1. The third-order valence-electron chi connectivity index (χ3n) is 6.66. The second kappa shape index (κ2) is 9.49. The van der Waals surface area contributed by atoms with E-state index in [4.69, 9.17) is 16.6 Å². The Morgan fingerprint density at radius 1 is 0.969 bits per heavy atom. The number of hydrogen-bond donors (Lipinski definition) is 0. The highest BCUT2D eigenvalue weighted by Gasteiger charge is 2.33. The van der Waals surface area contributed by atoms with Crippen LogP contribution in [-0.2, 0) is 10.0 Å². The third-order valence-corrected chi connectivity index (χ3v) is 8.82. The highest BCUT2D eigenvalue weighted by atomic mass is 35.5. The molecule has 0 radical (unpaired) electrons. The van der Waals surface area contributed by atoms with Gasteiger partial charge in [0, 0.05) is 42.8 Å². The fourth-order valence-corrected chi connectivity index (χ4v) is 6.17. The SMILES string of the molecule is Cc1ccc(C(=O)N2CCC(C)CC2)c(C2CCN(S(=O)(=O)c3ccc(Cl)cc3)CC2)n1. The highest BCUT2D eigenvalue weighted by molar-refractivity contribution is 7.89. The summed E-state index contributed by atoms with van der Waals surface area (Å²) in [5.74, 6) is 0.770. The van der Waals surface area contributed by atoms with Crippen molar-refractivity contribution in [1.82, 2.24) is 14.2 Å². The van der Waals surface area contributed by atoms with Gasteiger partial charge in [-0.05, 0) is 74.9 Å². The number of aromatic nitrogens is 1. The Hall–Kier alpha value is -1.96. The lowest BCUT2D eigenvalue weighted by Crippen LogP contribution is -2.40. The number of carbonyl (C=O) groups excluding carboxylic acids is 1. The van der Waals surface area contributed by atoms with Crippen molar-refractivity contribution in [2.75, 3.05) is 26.2 Å². The summed E-state index contributed by atoms with van der Waals surface area (Å²) < 4.78 is 27.5. The predicted octanol–water partition coefficient (Wildman–Crippen LogP) is 4.48. The third kappa shape index (κ3) is 4.85. The molecular weight excluding hydrogens is 446 g/mol. The van der Waals surface area contributed by atoms with Gasteiger partial charge in [-0.25, -0.2) is 8.42 Å². The second-order valence-corrected chi connectivity index (χ2v) is 11.4. The van der Waals surface area contributed by atoms with Gasteiger partial charge in [0.05, 0.1) is 16.2 Å². The summed E-state index contributed by atoms with van der Waals surface area (Å²) in [5.41, 5.74) is 2.36. The van der Waals surface area contributed by atoms with Gasteiger partial charge in [-0.3, -0.25) is 9.78 Å². The van der Waals surface area contributed by atoms with E-state index in [0.29, 0.717) is 42.4 Å². The summed E-state index contributed by atoms with van der Waals surface area (Å²) in [6.45, 7) is 6.53. The van der Waals surface area contributed by atoms with Gasteiger partial charge in [-0.15, -0.1) is 0 Å². The van der Waals surface area contributed by atoms with Gasteiger partial charge < -0.3 is 4.90 Å². The number of rotatable bonds is 4. The van der Waals surface area contributed by atoms with Gasteiger partial charge in [0.25, 0.3) is 5.91 Å². The number of pyridine rings is 1. The first kappa shape index (κ1) is 23.2. The van der Waals surface area contributed by atoms with E-state index in [1.807, 2.05) is 24.0 Å². The normalized spacial score (nSPS) is 19.3. The lowest BCUT2D eigenvalue weighted by atomic mass is 9.90. The van der Waals surface area contributed by atoms with Gasteiger partial charge in [0.15, 0.2) is 0 Å². The lowest BCUT2D eigenvalue weighted by molar-refractivity contribution is 0.0694. The van der Waals surface area contributed by atoms with Crippen molar-refractivity contribution >= 4 is 27.5 Å². The average Bonchev–Trinajstić information content (AvgIpc) is 2.79. The standard InChI is InChI=1S/C24H30ClN3O3S/c1-17-9-13-27(14-10-17)24(29)22-8-3-18(2)26-23(22)19-11-15-28(16-12-19)32(30,31)21-6-4-20(25)5-7-21/h3-8,17,19H,9-16H2,1-2H3. The molecule has 0 N–H and O–H groups in total. The Balaban J connectivity index is 1.50. The van der Waals surface area contributed by atoms with Crippen LogP contribution in [0.5, 0.6) is 0 Å². The van der Waals surface area contributed by atoms with Crippen molar-refractivity contribution in [3.8, 4) is 0 Å². The first-order valence-electron chi connectivity index (χ1n) is 11.3. The van der Waals surface area contributed by atoms with Crippen LogP contribution in [0.4, 0.5) is 0 Å².